The molecule has 2 atom stereocenters. The molecule has 0 saturated heterocycles. The molecule has 0 amide bonds. The van der Waals surface area contributed by atoms with Crippen LogP contribution in [0.15, 0.2) is 12.2 Å². The zero-order chi connectivity index (χ0) is 7.14. The van der Waals surface area contributed by atoms with Gasteiger partial charge in [0.25, 0.3) is 0 Å². The van der Waals surface area contributed by atoms with Gasteiger partial charge in [-0.1, -0.05) is 12.2 Å². The molecular weight excluding hydrogens is 124 g/mol. The van der Waals surface area contributed by atoms with Gasteiger partial charge in [0.05, 0.1) is 0 Å². The fraction of sp³-hybridized carbons (Fsp3) is 0.667. The summed E-state index contributed by atoms with van der Waals surface area (Å²) in [7, 11) is 0. The average molecular weight is 136 g/mol. The minimum absolute atomic E-state index is 0.255. The van der Waals surface area contributed by atoms with Gasteiger partial charge < -0.3 is 0 Å². The normalized spacial score (nSPS) is 38.8. The SMILES string of the molecule is C=C1CC2CCC1C(=O)C2. The lowest BCUT2D eigenvalue weighted by Crippen LogP contribution is -2.32. The third kappa shape index (κ3) is 0.731. The van der Waals surface area contributed by atoms with Gasteiger partial charge in [-0.05, 0) is 25.2 Å². The van der Waals surface area contributed by atoms with Crippen LogP contribution in [0, 0.1) is 11.8 Å². The Hall–Kier alpha value is -0.590. The predicted octanol–water partition coefficient (Wildman–Crippen LogP) is 1.93. The maximum atomic E-state index is 11.2. The molecule has 0 aliphatic heterocycles. The van der Waals surface area contributed by atoms with Crippen LogP contribution in [-0.2, 0) is 4.79 Å². The van der Waals surface area contributed by atoms with Crippen LogP contribution < -0.4 is 0 Å². The van der Waals surface area contributed by atoms with Gasteiger partial charge in [-0.15, -0.1) is 0 Å². The number of Topliss-reactive ketones (excluding diaryl/α,β-unsaturated/α-hetero) is 1. The molecule has 3 aliphatic rings. The molecule has 0 radical (unpaired) electrons. The molecule has 3 rings (SSSR count). The number of carbonyl (C=O) groups excluding carboxylic acids is 1. The second-order valence-corrected chi connectivity index (χ2v) is 3.53. The van der Waals surface area contributed by atoms with Gasteiger partial charge in [0.15, 0.2) is 0 Å². The van der Waals surface area contributed by atoms with Crippen molar-refractivity contribution in [2.24, 2.45) is 11.8 Å². The Bertz CT molecular complexity index is 175. The Labute approximate surface area is 61.1 Å². The van der Waals surface area contributed by atoms with Crippen molar-refractivity contribution in [3.8, 4) is 0 Å². The maximum absolute atomic E-state index is 11.2. The lowest BCUT2D eigenvalue weighted by molar-refractivity contribution is -0.126. The van der Waals surface area contributed by atoms with Gasteiger partial charge in [-0.25, -0.2) is 0 Å². The van der Waals surface area contributed by atoms with Crippen molar-refractivity contribution in [1.82, 2.24) is 0 Å². The quantitative estimate of drug-likeness (QED) is 0.465. The van der Waals surface area contributed by atoms with Crippen LogP contribution in [0.25, 0.3) is 0 Å². The van der Waals surface area contributed by atoms with Gasteiger partial charge in [-0.2, -0.15) is 0 Å². The molecule has 1 heteroatoms. The van der Waals surface area contributed by atoms with E-state index in [1.54, 1.807) is 0 Å². The number of fused-ring (bicyclic) bond motifs is 3. The van der Waals surface area contributed by atoms with Crippen molar-refractivity contribution >= 4 is 5.78 Å². The molecule has 10 heavy (non-hydrogen) atoms. The molecule has 0 heterocycles. The molecular formula is C9H12O. The van der Waals surface area contributed by atoms with E-state index in [0.717, 1.165) is 19.3 Å². The summed E-state index contributed by atoms with van der Waals surface area (Å²) in [4.78, 5) is 11.2. The minimum Gasteiger partial charge on any atom is -0.299 e. The van der Waals surface area contributed by atoms with Crippen molar-refractivity contribution in [1.29, 1.82) is 0 Å². The molecule has 1 nitrogen and oxygen atoms in total. The zero-order valence-corrected chi connectivity index (χ0v) is 6.10. The Morgan fingerprint density at radius 1 is 1.30 bits per heavy atom. The second-order valence-electron chi connectivity index (χ2n) is 3.53. The van der Waals surface area contributed by atoms with Crippen LogP contribution in [0.1, 0.15) is 25.7 Å². The van der Waals surface area contributed by atoms with Crippen LogP contribution in [0.2, 0.25) is 0 Å². The number of carbonyl (C=O) groups is 1. The van der Waals surface area contributed by atoms with E-state index in [1.165, 1.54) is 12.0 Å². The monoisotopic (exact) mass is 136 g/mol. The number of allylic oxidation sites excluding steroid dienone is 1. The van der Waals surface area contributed by atoms with Crippen LogP contribution in [0.3, 0.4) is 0 Å². The van der Waals surface area contributed by atoms with E-state index >= 15 is 0 Å². The Morgan fingerprint density at radius 3 is 2.50 bits per heavy atom. The summed E-state index contributed by atoms with van der Waals surface area (Å²) in [6.07, 6.45) is 4.30. The van der Waals surface area contributed by atoms with E-state index in [0.29, 0.717) is 11.7 Å². The number of hydrogen-bond donors (Lipinski definition) is 0. The summed E-state index contributed by atoms with van der Waals surface area (Å²) in [5, 5.41) is 0. The molecule has 0 aromatic rings. The molecule has 2 unspecified atom stereocenters. The maximum Gasteiger partial charge on any atom is 0.140 e. The molecule has 0 N–H and O–H groups in total. The van der Waals surface area contributed by atoms with Crippen molar-refractivity contribution in [2.75, 3.05) is 0 Å². The number of rotatable bonds is 0. The van der Waals surface area contributed by atoms with Gasteiger partial charge in [-0.3, -0.25) is 4.79 Å². The van der Waals surface area contributed by atoms with Crippen LogP contribution in [0.5, 0.6) is 0 Å². The largest absolute Gasteiger partial charge is 0.299 e. The van der Waals surface area contributed by atoms with Crippen molar-refractivity contribution < 1.29 is 4.79 Å². The highest BCUT2D eigenvalue weighted by Gasteiger charge is 2.36. The van der Waals surface area contributed by atoms with Gasteiger partial charge in [0, 0.05) is 12.3 Å². The molecule has 2 bridgehead atoms. The summed E-state index contributed by atoms with van der Waals surface area (Å²) >= 11 is 0. The molecule has 0 spiro atoms. The third-order valence-corrected chi connectivity index (χ3v) is 2.79. The summed E-state index contributed by atoms with van der Waals surface area (Å²) in [5.41, 5.74) is 1.20. The molecule has 3 aliphatic carbocycles. The fourth-order valence-electron chi connectivity index (χ4n) is 2.21. The first-order valence-electron chi connectivity index (χ1n) is 3.98. The number of hydrogen-bond acceptors (Lipinski definition) is 1. The van der Waals surface area contributed by atoms with Gasteiger partial charge in [0.2, 0.25) is 0 Å². The highest BCUT2D eigenvalue weighted by atomic mass is 16.1. The Balaban J connectivity index is 2.26. The molecule has 0 aromatic carbocycles. The summed E-state index contributed by atoms with van der Waals surface area (Å²) in [6, 6.07) is 0. The van der Waals surface area contributed by atoms with E-state index < -0.39 is 0 Å². The van der Waals surface area contributed by atoms with Crippen molar-refractivity contribution in [3.63, 3.8) is 0 Å². The molecule has 3 fully saturated rings. The number of ketones is 1. The van der Waals surface area contributed by atoms with Gasteiger partial charge >= 0.3 is 0 Å². The van der Waals surface area contributed by atoms with Crippen LogP contribution >= 0.6 is 0 Å². The van der Waals surface area contributed by atoms with Crippen LogP contribution in [-0.4, -0.2) is 5.78 Å². The highest BCUT2D eigenvalue weighted by molar-refractivity contribution is 5.85. The van der Waals surface area contributed by atoms with E-state index in [-0.39, 0.29) is 5.92 Å². The minimum atomic E-state index is 0.255. The first-order valence-corrected chi connectivity index (χ1v) is 3.98. The van der Waals surface area contributed by atoms with E-state index in [2.05, 4.69) is 6.58 Å². The third-order valence-electron chi connectivity index (χ3n) is 2.79. The molecule has 54 valence electrons. The smallest absolute Gasteiger partial charge is 0.140 e. The lowest BCUT2D eigenvalue weighted by atomic mass is 9.68. The highest BCUT2D eigenvalue weighted by Crippen LogP contribution is 2.41. The lowest BCUT2D eigenvalue weighted by Gasteiger charge is -2.36. The standard InChI is InChI=1S/C9H12O/c1-6-4-7-2-3-8(6)9(10)5-7/h7-8H,1-5H2. The van der Waals surface area contributed by atoms with E-state index in [4.69, 9.17) is 0 Å². The topological polar surface area (TPSA) is 17.1 Å². The average Bonchev–Trinajstić information content (AvgIpc) is 1.86. The van der Waals surface area contributed by atoms with Crippen LogP contribution in [0.4, 0.5) is 0 Å². The molecule has 0 aromatic heterocycles. The second kappa shape index (κ2) is 1.94. The molecule has 3 saturated carbocycles. The van der Waals surface area contributed by atoms with Crippen molar-refractivity contribution in [3.05, 3.63) is 12.2 Å². The summed E-state index contributed by atoms with van der Waals surface area (Å²) < 4.78 is 0. The van der Waals surface area contributed by atoms with Gasteiger partial charge in [0.1, 0.15) is 5.78 Å². The zero-order valence-electron chi connectivity index (χ0n) is 6.10. The van der Waals surface area contributed by atoms with Crippen molar-refractivity contribution in [2.45, 2.75) is 25.7 Å². The Morgan fingerprint density at radius 2 is 2.10 bits per heavy atom. The summed E-state index contributed by atoms with van der Waals surface area (Å²) in [5.74, 6) is 1.36. The van der Waals surface area contributed by atoms with E-state index in [9.17, 15) is 4.79 Å². The first kappa shape index (κ1) is 6.14. The predicted molar refractivity (Wildman–Crippen MR) is 39.6 cm³/mol. The fourth-order valence-corrected chi connectivity index (χ4v) is 2.21. The first-order chi connectivity index (χ1) is 4.77. The van der Waals surface area contributed by atoms with E-state index in [1.807, 2.05) is 0 Å². The summed E-state index contributed by atoms with van der Waals surface area (Å²) in [6.45, 7) is 3.93. The Kier molecular flexibility index (Phi) is 1.19.